The highest BCUT2D eigenvalue weighted by Gasteiger charge is 2.32. The highest BCUT2D eigenvalue weighted by atomic mass is 27.2. The molecule has 2 nitrogen and oxygen atoms in total. The number of carbonyl (C=O) groups is 2. The fourth-order valence-electron chi connectivity index (χ4n) is 1.63. The van der Waals surface area contributed by atoms with E-state index in [1.807, 2.05) is 13.8 Å². The maximum Gasteiger partial charge on any atom is 0.461 e. The number of hydrogen-bond donors (Lipinski definition) is 0. The highest BCUT2D eigenvalue weighted by molar-refractivity contribution is 7.11. The van der Waals surface area contributed by atoms with E-state index in [0.29, 0.717) is 12.8 Å². The van der Waals surface area contributed by atoms with Gasteiger partial charge in [0.15, 0.2) is 0 Å². The first-order chi connectivity index (χ1) is 6.67. The monoisotopic (exact) mass is 212 g/mol. The van der Waals surface area contributed by atoms with Crippen molar-refractivity contribution in [2.45, 2.75) is 58.2 Å². The lowest BCUT2D eigenvalue weighted by molar-refractivity contribution is -0.115. The van der Waals surface area contributed by atoms with E-state index < -0.39 is 14.1 Å². The normalized spacial score (nSPS) is 9.93. The molecule has 0 saturated carbocycles. The molecule has 0 heterocycles. The zero-order chi connectivity index (χ0) is 11.0. The lowest BCUT2D eigenvalue weighted by atomic mass is 10.4. The van der Waals surface area contributed by atoms with Crippen molar-refractivity contribution in [3.05, 3.63) is 0 Å². The van der Waals surface area contributed by atoms with Gasteiger partial charge in [-0.2, -0.15) is 0 Å². The Morgan fingerprint density at radius 1 is 0.857 bits per heavy atom. The molecule has 14 heavy (non-hydrogen) atoms. The standard InChI is InChI=1S/2C4H7O.C3H7.Al/c2*1-2-3-4-5;1-3-2;/h2*2-3H2,1H3;1,3H2,2H3;. The summed E-state index contributed by atoms with van der Waals surface area (Å²) >= 11 is -1.74. The minimum absolute atomic E-state index is 0.285. The Morgan fingerprint density at radius 3 is 1.57 bits per heavy atom. The van der Waals surface area contributed by atoms with Gasteiger partial charge in [0.1, 0.15) is 0 Å². The number of rotatable bonds is 8. The van der Waals surface area contributed by atoms with Crippen molar-refractivity contribution in [3.8, 4) is 0 Å². The maximum absolute atomic E-state index is 11.7. The van der Waals surface area contributed by atoms with Crippen LogP contribution < -0.4 is 0 Å². The first-order valence-electron chi connectivity index (χ1n) is 5.72. The van der Waals surface area contributed by atoms with Gasteiger partial charge in [0.25, 0.3) is 0 Å². The second-order valence-electron chi connectivity index (χ2n) is 3.77. The topological polar surface area (TPSA) is 34.1 Å². The first kappa shape index (κ1) is 13.9. The van der Waals surface area contributed by atoms with Gasteiger partial charge in [0.2, 0.25) is 0 Å². The summed E-state index contributed by atoms with van der Waals surface area (Å²) in [6.07, 6.45) is 3.97. The Labute approximate surface area is 91.5 Å². The van der Waals surface area contributed by atoms with E-state index in [2.05, 4.69) is 6.92 Å². The molecule has 0 N–H and O–H groups in total. The molecule has 0 aliphatic rings. The third kappa shape index (κ3) is 4.93. The third-order valence-electron chi connectivity index (χ3n) is 2.35. The van der Waals surface area contributed by atoms with Crippen molar-refractivity contribution in [1.82, 2.24) is 0 Å². The van der Waals surface area contributed by atoms with Crippen LogP contribution in [-0.2, 0) is 9.59 Å². The smallest absolute Gasteiger partial charge is 0.320 e. The van der Waals surface area contributed by atoms with Crippen molar-refractivity contribution >= 4 is 23.4 Å². The maximum atomic E-state index is 11.7. The average molecular weight is 212 g/mol. The molecule has 0 aliphatic heterocycles. The van der Waals surface area contributed by atoms with E-state index in [0.717, 1.165) is 24.5 Å². The molecule has 0 spiro atoms. The van der Waals surface area contributed by atoms with Gasteiger partial charge in [-0.05, 0) is 12.8 Å². The van der Waals surface area contributed by atoms with Gasteiger partial charge in [0.05, 0.1) is 9.29 Å². The van der Waals surface area contributed by atoms with Crippen LogP contribution in [0.5, 0.6) is 0 Å². The molecule has 80 valence electrons. The van der Waals surface area contributed by atoms with Gasteiger partial charge in [-0.15, -0.1) is 0 Å². The molecule has 0 rings (SSSR count). The number of hydrogen-bond acceptors (Lipinski definition) is 2. The zero-order valence-electron chi connectivity index (χ0n) is 9.64. The van der Waals surface area contributed by atoms with Gasteiger partial charge < -0.3 is 9.59 Å². The fraction of sp³-hybridized carbons (Fsp3) is 0.818. The van der Waals surface area contributed by atoms with Crippen molar-refractivity contribution in [2.24, 2.45) is 0 Å². The minimum Gasteiger partial charge on any atom is -0.320 e. The molecule has 0 atom stereocenters. The molecule has 0 unspecified atom stereocenters. The van der Waals surface area contributed by atoms with Crippen LogP contribution in [0.25, 0.3) is 0 Å². The Bertz CT molecular complexity index is 172. The molecule has 3 heteroatoms. The predicted molar refractivity (Wildman–Crippen MR) is 60.7 cm³/mol. The van der Waals surface area contributed by atoms with Crippen LogP contribution in [0.4, 0.5) is 0 Å². The molecule has 0 bridgehead atoms. The Kier molecular flexibility index (Phi) is 8.13. The third-order valence-corrected chi connectivity index (χ3v) is 5.63. The van der Waals surface area contributed by atoms with Crippen LogP contribution >= 0.6 is 0 Å². The lowest BCUT2D eigenvalue weighted by Crippen LogP contribution is -2.35. The molecule has 0 radical (unpaired) electrons. The van der Waals surface area contributed by atoms with Gasteiger partial charge >= 0.3 is 14.1 Å². The van der Waals surface area contributed by atoms with Crippen LogP contribution in [0.3, 0.4) is 0 Å². The molecule has 0 fully saturated rings. The van der Waals surface area contributed by atoms with E-state index in [4.69, 9.17) is 0 Å². The van der Waals surface area contributed by atoms with Crippen molar-refractivity contribution in [1.29, 1.82) is 0 Å². The number of carbonyl (C=O) groups excluding carboxylic acids is 2. The predicted octanol–water partition coefficient (Wildman–Crippen LogP) is 2.71. The van der Waals surface area contributed by atoms with Crippen molar-refractivity contribution in [2.75, 3.05) is 0 Å². The molecule has 0 aromatic carbocycles. The van der Waals surface area contributed by atoms with Gasteiger partial charge in [-0.25, -0.2) is 0 Å². The lowest BCUT2D eigenvalue weighted by Gasteiger charge is -2.07. The summed E-state index contributed by atoms with van der Waals surface area (Å²) < 4.78 is 0.570. The molecular weight excluding hydrogens is 191 g/mol. The van der Waals surface area contributed by atoms with E-state index >= 15 is 0 Å². The molecule has 0 saturated heterocycles. The zero-order valence-corrected chi connectivity index (χ0v) is 10.8. The summed E-state index contributed by atoms with van der Waals surface area (Å²) in [5.41, 5.74) is 0. The van der Waals surface area contributed by atoms with Gasteiger partial charge in [-0.1, -0.05) is 45.3 Å². The van der Waals surface area contributed by atoms with Crippen LogP contribution in [-0.4, -0.2) is 23.4 Å². The van der Waals surface area contributed by atoms with Gasteiger partial charge in [-0.3, -0.25) is 0 Å². The van der Waals surface area contributed by atoms with Crippen molar-refractivity contribution < 1.29 is 9.59 Å². The first-order valence-corrected chi connectivity index (χ1v) is 7.69. The molecule has 0 amide bonds. The summed E-state index contributed by atoms with van der Waals surface area (Å²) in [5.74, 6) is 0. The molecule has 0 aliphatic carbocycles. The van der Waals surface area contributed by atoms with Crippen LogP contribution in [0, 0.1) is 0 Å². The quantitative estimate of drug-likeness (QED) is 0.580. The summed E-state index contributed by atoms with van der Waals surface area (Å²) in [6.45, 7) is 6.05. The van der Waals surface area contributed by atoms with E-state index in [-0.39, 0.29) is 9.29 Å². The average Bonchev–Trinajstić information content (AvgIpc) is 2.14. The van der Waals surface area contributed by atoms with Crippen LogP contribution in [0.2, 0.25) is 5.28 Å². The molecular formula is C11H21AlO2. The van der Waals surface area contributed by atoms with Crippen LogP contribution in [0.1, 0.15) is 52.9 Å². The van der Waals surface area contributed by atoms with Crippen LogP contribution in [0.15, 0.2) is 0 Å². The summed E-state index contributed by atoms with van der Waals surface area (Å²) in [4.78, 5) is 23.4. The van der Waals surface area contributed by atoms with Gasteiger partial charge in [0, 0.05) is 0 Å². The van der Waals surface area contributed by atoms with E-state index in [1.54, 1.807) is 0 Å². The summed E-state index contributed by atoms with van der Waals surface area (Å²) in [5, 5.41) is 0.873. The second-order valence-corrected chi connectivity index (χ2v) is 6.74. The fourth-order valence-corrected chi connectivity index (χ4v) is 4.49. The van der Waals surface area contributed by atoms with E-state index in [9.17, 15) is 9.59 Å². The summed E-state index contributed by atoms with van der Waals surface area (Å²) in [6, 6.07) is 0. The Balaban J connectivity index is 4.25. The largest absolute Gasteiger partial charge is 0.461 e. The summed E-state index contributed by atoms with van der Waals surface area (Å²) in [7, 11) is 0. The molecule has 0 aromatic heterocycles. The van der Waals surface area contributed by atoms with Crippen molar-refractivity contribution in [3.63, 3.8) is 0 Å². The second kappa shape index (κ2) is 8.20. The Hall–Kier alpha value is -0.128. The Morgan fingerprint density at radius 2 is 1.29 bits per heavy atom. The van der Waals surface area contributed by atoms with E-state index in [1.165, 1.54) is 0 Å². The molecule has 0 aromatic rings. The minimum atomic E-state index is -1.74. The SMILES string of the molecule is CCC[C](=O)[Al]([CH2]CC)[C](=O)CCC. The highest BCUT2D eigenvalue weighted by Crippen LogP contribution is 2.07.